The average molecular weight is 511 g/mol. The zero-order valence-electron chi connectivity index (χ0n) is 20.9. The van der Waals surface area contributed by atoms with Crippen LogP contribution in [-0.4, -0.2) is 58.0 Å². The highest BCUT2D eigenvalue weighted by molar-refractivity contribution is 7.13. The van der Waals surface area contributed by atoms with Crippen molar-refractivity contribution in [2.75, 3.05) is 18.5 Å². The van der Waals surface area contributed by atoms with Crippen molar-refractivity contribution in [3.05, 3.63) is 52.2 Å². The quantitative estimate of drug-likeness (QED) is 0.456. The van der Waals surface area contributed by atoms with Gasteiger partial charge < -0.3 is 9.47 Å². The van der Waals surface area contributed by atoms with Crippen molar-refractivity contribution in [3.8, 4) is 0 Å². The minimum atomic E-state index is -1.05. The van der Waals surface area contributed by atoms with Gasteiger partial charge in [-0.3, -0.25) is 24.8 Å². The normalized spacial score (nSPS) is 14.4. The van der Waals surface area contributed by atoms with E-state index in [2.05, 4.69) is 29.0 Å². The molecule has 190 valence electrons. The van der Waals surface area contributed by atoms with Crippen LogP contribution < -0.4 is 5.32 Å². The number of carbonyl (C=O) groups excluding carboxylic acids is 3. The summed E-state index contributed by atoms with van der Waals surface area (Å²) >= 11 is 1.19. The molecule has 0 radical (unpaired) electrons. The number of aromatic nitrogens is 2. The summed E-state index contributed by atoms with van der Waals surface area (Å²) in [5, 5.41) is 5.38. The molecular formula is C26H30N4O5S. The van der Waals surface area contributed by atoms with E-state index in [1.165, 1.54) is 18.3 Å². The Kier molecular flexibility index (Phi) is 7.95. The van der Waals surface area contributed by atoms with Crippen LogP contribution in [0.2, 0.25) is 0 Å². The van der Waals surface area contributed by atoms with Gasteiger partial charge in [0.15, 0.2) is 11.2 Å². The summed E-state index contributed by atoms with van der Waals surface area (Å²) in [7, 11) is 0. The van der Waals surface area contributed by atoms with Crippen molar-refractivity contribution < 1.29 is 23.9 Å². The maximum Gasteiger partial charge on any atom is 0.339 e. The molecule has 1 aromatic carbocycles. The molecule has 0 fully saturated rings. The SMILES string of the molecule is CCOC(=O)Cc1csc(NC(=O)C(C)OC(=O)c2c3c(nc4ccccc24)CCN(C(C)C)C3)n1. The fourth-order valence-corrected chi connectivity index (χ4v) is 4.88. The molecule has 36 heavy (non-hydrogen) atoms. The van der Waals surface area contributed by atoms with Crippen molar-refractivity contribution in [2.45, 2.75) is 59.2 Å². The number of para-hydroxylation sites is 1. The van der Waals surface area contributed by atoms with Crippen LogP contribution in [0.5, 0.6) is 0 Å². The third-order valence-corrected chi connectivity index (χ3v) is 6.88. The number of nitrogens with zero attached hydrogens (tertiary/aromatic N) is 3. The Morgan fingerprint density at radius 2 is 1.94 bits per heavy atom. The van der Waals surface area contributed by atoms with Crippen molar-refractivity contribution >= 4 is 45.2 Å². The minimum absolute atomic E-state index is 0.0262. The lowest BCUT2D eigenvalue weighted by atomic mass is 9.95. The second-order valence-electron chi connectivity index (χ2n) is 8.91. The van der Waals surface area contributed by atoms with Gasteiger partial charge in [-0.05, 0) is 33.8 Å². The Bertz CT molecular complexity index is 1290. The van der Waals surface area contributed by atoms with Gasteiger partial charge in [0.1, 0.15) is 0 Å². The highest BCUT2D eigenvalue weighted by Gasteiger charge is 2.29. The number of ether oxygens (including phenoxy) is 2. The zero-order valence-corrected chi connectivity index (χ0v) is 21.7. The topological polar surface area (TPSA) is 111 Å². The molecule has 10 heteroatoms. The van der Waals surface area contributed by atoms with E-state index < -0.39 is 18.0 Å². The van der Waals surface area contributed by atoms with Crippen LogP contribution in [0.3, 0.4) is 0 Å². The number of hydrogen-bond donors (Lipinski definition) is 1. The van der Waals surface area contributed by atoms with Gasteiger partial charge in [0.05, 0.1) is 29.8 Å². The van der Waals surface area contributed by atoms with Gasteiger partial charge in [0, 0.05) is 47.6 Å². The maximum atomic E-state index is 13.4. The second-order valence-corrected chi connectivity index (χ2v) is 9.76. The van der Waals surface area contributed by atoms with Crippen molar-refractivity contribution in [1.29, 1.82) is 0 Å². The Morgan fingerprint density at radius 1 is 1.17 bits per heavy atom. The van der Waals surface area contributed by atoms with Crippen LogP contribution in [0.1, 0.15) is 55.0 Å². The lowest BCUT2D eigenvalue weighted by Crippen LogP contribution is -2.37. The van der Waals surface area contributed by atoms with E-state index in [-0.39, 0.29) is 12.4 Å². The van der Waals surface area contributed by atoms with Gasteiger partial charge in [-0.25, -0.2) is 9.78 Å². The van der Waals surface area contributed by atoms with E-state index in [1.54, 1.807) is 12.3 Å². The van der Waals surface area contributed by atoms with Crippen LogP contribution in [-0.2, 0) is 38.4 Å². The number of pyridine rings is 1. The molecule has 9 nitrogen and oxygen atoms in total. The number of nitrogens with one attached hydrogen (secondary N) is 1. The molecular weight excluding hydrogens is 480 g/mol. The second kappa shape index (κ2) is 11.1. The summed E-state index contributed by atoms with van der Waals surface area (Å²) < 4.78 is 10.6. The molecule has 1 atom stereocenters. The fourth-order valence-electron chi connectivity index (χ4n) is 4.17. The molecule has 3 heterocycles. The predicted molar refractivity (Wildman–Crippen MR) is 137 cm³/mol. The summed E-state index contributed by atoms with van der Waals surface area (Å²) in [5.74, 6) is -1.44. The molecule has 1 aliphatic rings. The average Bonchev–Trinajstić information content (AvgIpc) is 3.28. The third-order valence-electron chi connectivity index (χ3n) is 6.08. The van der Waals surface area contributed by atoms with Gasteiger partial charge >= 0.3 is 11.9 Å². The molecule has 1 N–H and O–H groups in total. The first-order chi connectivity index (χ1) is 17.3. The molecule has 1 amide bonds. The summed E-state index contributed by atoms with van der Waals surface area (Å²) in [6.45, 7) is 9.27. The number of benzene rings is 1. The van der Waals surface area contributed by atoms with Gasteiger partial charge in [-0.2, -0.15) is 0 Å². The van der Waals surface area contributed by atoms with Crippen LogP contribution in [0.4, 0.5) is 5.13 Å². The monoisotopic (exact) mass is 510 g/mol. The van der Waals surface area contributed by atoms with Gasteiger partial charge in [0.25, 0.3) is 5.91 Å². The first-order valence-corrected chi connectivity index (χ1v) is 12.9. The molecule has 0 aliphatic carbocycles. The Balaban J connectivity index is 1.51. The zero-order chi connectivity index (χ0) is 25.8. The number of anilines is 1. The molecule has 1 unspecified atom stereocenters. The number of fused-ring (bicyclic) bond motifs is 2. The van der Waals surface area contributed by atoms with E-state index in [9.17, 15) is 14.4 Å². The highest BCUT2D eigenvalue weighted by Crippen LogP contribution is 2.30. The maximum absolute atomic E-state index is 13.4. The van der Waals surface area contributed by atoms with Crippen LogP contribution >= 0.6 is 11.3 Å². The van der Waals surface area contributed by atoms with Crippen LogP contribution in [0, 0.1) is 0 Å². The minimum Gasteiger partial charge on any atom is -0.466 e. The van der Waals surface area contributed by atoms with Crippen LogP contribution in [0.15, 0.2) is 29.6 Å². The standard InChI is InChI=1S/C26H30N4O5S/c1-5-34-22(31)12-17-14-36-26(27-17)29-24(32)16(4)35-25(33)23-18-8-6-7-9-20(18)28-21-10-11-30(15(2)3)13-19(21)23/h6-9,14-16H,5,10-13H2,1-4H3,(H,27,29,32). The predicted octanol–water partition coefficient (Wildman–Crippen LogP) is 3.75. The smallest absolute Gasteiger partial charge is 0.339 e. The first-order valence-electron chi connectivity index (χ1n) is 12.0. The van der Waals surface area contributed by atoms with E-state index in [0.717, 1.165) is 29.7 Å². The Labute approximate surface area is 213 Å². The molecule has 0 saturated heterocycles. The van der Waals surface area contributed by atoms with E-state index in [1.807, 2.05) is 24.3 Å². The fraction of sp³-hybridized carbons (Fsp3) is 0.423. The van der Waals surface area contributed by atoms with E-state index >= 15 is 0 Å². The first kappa shape index (κ1) is 25.7. The summed E-state index contributed by atoms with van der Waals surface area (Å²) in [5.41, 5.74) is 3.45. The lowest BCUT2D eigenvalue weighted by Gasteiger charge is -2.32. The van der Waals surface area contributed by atoms with Crippen LogP contribution in [0.25, 0.3) is 10.9 Å². The van der Waals surface area contributed by atoms with Crippen molar-refractivity contribution in [1.82, 2.24) is 14.9 Å². The molecule has 0 saturated carbocycles. The molecule has 4 rings (SSSR count). The molecule has 1 aliphatic heterocycles. The van der Waals surface area contributed by atoms with Crippen molar-refractivity contribution in [2.24, 2.45) is 0 Å². The molecule has 3 aromatic rings. The lowest BCUT2D eigenvalue weighted by molar-refractivity contribution is -0.142. The number of thiazole rings is 1. The molecule has 0 spiro atoms. The summed E-state index contributed by atoms with van der Waals surface area (Å²) in [6, 6.07) is 7.82. The summed E-state index contributed by atoms with van der Waals surface area (Å²) in [4.78, 5) is 49.2. The number of carbonyl (C=O) groups is 3. The molecule has 2 aromatic heterocycles. The van der Waals surface area contributed by atoms with E-state index in [0.29, 0.717) is 41.0 Å². The largest absolute Gasteiger partial charge is 0.466 e. The third kappa shape index (κ3) is 5.71. The van der Waals surface area contributed by atoms with Gasteiger partial charge in [-0.1, -0.05) is 18.2 Å². The number of rotatable bonds is 8. The number of hydrogen-bond acceptors (Lipinski definition) is 9. The molecule has 0 bridgehead atoms. The highest BCUT2D eigenvalue weighted by atomic mass is 32.1. The Hall–Kier alpha value is -3.37. The Morgan fingerprint density at radius 3 is 2.69 bits per heavy atom. The number of amides is 1. The van der Waals surface area contributed by atoms with Gasteiger partial charge in [0.2, 0.25) is 0 Å². The summed E-state index contributed by atoms with van der Waals surface area (Å²) in [6.07, 6.45) is -0.284. The number of esters is 2. The van der Waals surface area contributed by atoms with Crippen molar-refractivity contribution in [3.63, 3.8) is 0 Å². The van der Waals surface area contributed by atoms with E-state index in [4.69, 9.17) is 14.5 Å². The van der Waals surface area contributed by atoms with Gasteiger partial charge in [-0.15, -0.1) is 11.3 Å².